The molecule has 0 bridgehead atoms. The molecule has 0 aliphatic heterocycles. The van der Waals surface area contributed by atoms with Crippen LogP contribution in [0.15, 0.2) is 42.5 Å². The third kappa shape index (κ3) is 6.84. The Labute approximate surface area is 229 Å². The van der Waals surface area contributed by atoms with Gasteiger partial charge in [0.15, 0.2) is 0 Å². The van der Waals surface area contributed by atoms with E-state index in [0.717, 1.165) is 6.42 Å². The van der Waals surface area contributed by atoms with Gasteiger partial charge in [-0.2, -0.15) is 11.6 Å². The number of hydrogen-bond acceptors (Lipinski definition) is 0. The summed E-state index contributed by atoms with van der Waals surface area (Å²) >= 11 is 1.74. The Morgan fingerprint density at radius 2 is 1.48 bits per heavy atom. The van der Waals surface area contributed by atoms with Crippen LogP contribution in [0, 0.1) is 13.0 Å². The van der Waals surface area contributed by atoms with Crippen LogP contribution in [0.4, 0.5) is 0 Å². The second-order valence-electron chi connectivity index (χ2n) is 11.2. The normalized spacial score (nSPS) is 14.0. The zero-order valence-corrected chi connectivity index (χ0v) is 26.6. The Morgan fingerprint density at radius 3 is 1.97 bits per heavy atom. The van der Waals surface area contributed by atoms with Crippen molar-refractivity contribution in [3.8, 4) is 11.1 Å². The van der Waals surface area contributed by atoms with Gasteiger partial charge in [-0.25, -0.2) is 0 Å². The van der Waals surface area contributed by atoms with Crippen LogP contribution >= 0.6 is 0 Å². The molecular weight excluding hydrogens is 539 g/mol. The summed E-state index contributed by atoms with van der Waals surface area (Å²) in [7, 11) is 0. The van der Waals surface area contributed by atoms with E-state index in [1.165, 1.54) is 44.5 Å². The van der Waals surface area contributed by atoms with Crippen molar-refractivity contribution < 1.29 is 48.1 Å². The minimum atomic E-state index is 0. The number of rotatable bonds is 1. The molecule has 0 atom stereocenters. The van der Waals surface area contributed by atoms with Crippen molar-refractivity contribution in [3.63, 3.8) is 0 Å². The average Bonchev–Trinajstić information content (AvgIpc) is 3.26. The summed E-state index contributed by atoms with van der Waals surface area (Å²) in [6.45, 7) is 20.8. The van der Waals surface area contributed by atoms with Crippen molar-refractivity contribution in [1.82, 2.24) is 0 Å². The van der Waals surface area contributed by atoms with Crippen molar-refractivity contribution in [3.05, 3.63) is 82.0 Å². The molecule has 2 aromatic carbocycles. The van der Waals surface area contributed by atoms with Gasteiger partial charge in [0, 0.05) is 0 Å². The Balaban J connectivity index is 0.000000842. The van der Waals surface area contributed by atoms with Crippen LogP contribution in [0.1, 0.15) is 80.8 Å². The van der Waals surface area contributed by atoms with Gasteiger partial charge in [-0.05, 0) is 34.3 Å². The van der Waals surface area contributed by atoms with Crippen LogP contribution in [0.3, 0.4) is 0 Å². The first-order valence-electron chi connectivity index (χ1n) is 11.4. The summed E-state index contributed by atoms with van der Waals surface area (Å²) in [4.78, 5) is 0. The van der Waals surface area contributed by atoms with Crippen molar-refractivity contribution >= 4 is 5.43 Å². The van der Waals surface area contributed by atoms with E-state index in [0.29, 0.717) is 5.92 Å². The van der Waals surface area contributed by atoms with Crippen LogP contribution in [0.25, 0.3) is 11.1 Å². The maximum Gasteiger partial charge on any atom is -0.0132 e. The van der Waals surface area contributed by atoms with Crippen molar-refractivity contribution in [2.24, 2.45) is 0 Å². The Kier molecular flexibility index (Phi) is 10.7. The first kappa shape index (κ1) is 30.6. The summed E-state index contributed by atoms with van der Waals surface area (Å²) in [5.41, 5.74) is 11.9. The van der Waals surface area contributed by atoms with Crippen LogP contribution in [0.5, 0.6) is 0 Å². The molecule has 2 aromatic rings. The van der Waals surface area contributed by atoms with Gasteiger partial charge in [0.05, 0.1) is 0 Å². The number of benzene rings is 2. The molecule has 0 nitrogen and oxygen atoms in total. The molecule has 4 heteroatoms. The summed E-state index contributed by atoms with van der Waals surface area (Å²) < 4.78 is 0. The van der Waals surface area contributed by atoms with Gasteiger partial charge >= 0.3 is 41.9 Å². The van der Waals surface area contributed by atoms with Crippen molar-refractivity contribution in [1.29, 1.82) is 0 Å². The number of hydrogen-bond donors (Lipinski definition) is 0. The molecule has 0 amide bonds. The number of allylic oxidation sites excluding steroid dienone is 4. The zero-order chi connectivity index (χ0) is 23.1. The fourth-order valence-corrected chi connectivity index (χ4v) is 4.60. The van der Waals surface area contributed by atoms with Gasteiger partial charge < -0.3 is 24.8 Å². The van der Waals surface area contributed by atoms with Gasteiger partial charge in [0.25, 0.3) is 0 Å². The van der Waals surface area contributed by atoms with Gasteiger partial charge in [-0.3, -0.25) is 0 Å². The average molecular weight is 576 g/mol. The Morgan fingerprint density at radius 1 is 0.939 bits per heavy atom. The molecule has 4 rings (SSSR count). The van der Waals surface area contributed by atoms with E-state index in [4.69, 9.17) is 0 Å². The molecule has 2 aliphatic carbocycles. The molecule has 176 valence electrons. The van der Waals surface area contributed by atoms with Crippen molar-refractivity contribution in [2.75, 3.05) is 0 Å². The molecule has 0 aromatic heterocycles. The summed E-state index contributed by atoms with van der Waals surface area (Å²) in [5.74, 6) is 0.374. The first-order valence-corrected chi connectivity index (χ1v) is 17.6. The summed E-state index contributed by atoms with van der Waals surface area (Å²) in [6, 6.07) is 11.0. The minimum absolute atomic E-state index is 0. The third-order valence-electron chi connectivity index (χ3n) is 6.07. The minimum Gasteiger partial charge on any atom is -1.00 e. The Hall–Kier alpha value is -0.400. The first-order chi connectivity index (χ1) is 14.3. The second kappa shape index (κ2) is 11.6. The predicted octanol–water partition coefficient (Wildman–Crippen LogP) is 1.96. The van der Waals surface area contributed by atoms with Gasteiger partial charge in [-0.15, -0.1) is 22.3 Å². The molecule has 0 radical (unpaired) electrons. The fraction of sp³-hybridized carbons (Fsp3) is 0.448. The Bertz CT molecular complexity index is 1070. The van der Waals surface area contributed by atoms with E-state index < -0.39 is 0 Å². The zero-order valence-electron chi connectivity index (χ0n) is 21.6. The van der Waals surface area contributed by atoms with Crippen LogP contribution in [0.2, 0.25) is 13.1 Å². The summed E-state index contributed by atoms with van der Waals surface area (Å²) in [6.07, 6.45) is 9.99. The molecular formula is C29H37Cl2SiZr-. The van der Waals surface area contributed by atoms with Crippen molar-refractivity contribution in [2.45, 2.75) is 84.7 Å². The molecule has 33 heavy (non-hydrogen) atoms. The molecule has 0 heterocycles. The van der Waals surface area contributed by atoms with Crippen LogP contribution < -0.4 is 24.8 Å². The van der Waals surface area contributed by atoms with E-state index in [1.54, 1.807) is 23.3 Å². The number of halogens is 2. The SMILES string of the molecule is C[Si](C)=[Zr+2].Cc1c2c([c-]c(C(C)(C)C)c1C1C=CC=C1)Cc1cc(C(C)(C)C)ccc1-2.[Cl-].[Cl-]. The predicted molar refractivity (Wildman–Crippen MR) is 134 cm³/mol. The van der Waals surface area contributed by atoms with E-state index >= 15 is 0 Å². The molecule has 2 aliphatic rings. The standard InChI is InChI=1S/C27H31.C2H6Si.2ClH.Zr/c1-17-24-20(14-19-15-21(26(2,3)4)12-13-22(19)24)16-23(27(5,6)7)25(17)18-10-8-9-11-18;1-3-2;;;/h8-13,15,18H,14H2,1-7H3;1-2H3;2*1H;/q-1;;;;+2/p-2. The molecule has 0 spiro atoms. The number of fused-ring (bicyclic) bond motifs is 3. The fourth-order valence-electron chi connectivity index (χ4n) is 4.60. The van der Waals surface area contributed by atoms with Gasteiger partial charge in [0.1, 0.15) is 0 Å². The molecule has 0 saturated heterocycles. The quantitative estimate of drug-likeness (QED) is 0.308. The molecule has 0 fully saturated rings. The maximum absolute atomic E-state index is 3.89. The van der Waals surface area contributed by atoms with E-state index in [1.807, 2.05) is 0 Å². The van der Waals surface area contributed by atoms with Crippen LogP contribution in [-0.2, 0) is 40.6 Å². The monoisotopic (exact) mass is 573 g/mol. The van der Waals surface area contributed by atoms with Gasteiger partial charge in [0.2, 0.25) is 0 Å². The largest absolute Gasteiger partial charge is 1.00 e. The topological polar surface area (TPSA) is 0 Å². The van der Waals surface area contributed by atoms with Crippen LogP contribution in [-0.4, -0.2) is 5.43 Å². The van der Waals surface area contributed by atoms with Gasteiger partial charge in [-0.1, -0.05) is 96.5 Å². The smallest absolute Gasteiger partial charge is 0.0132 e. The second-order valence-corrected chi connectivity index (χ2v) is 20.6. The molecule has 0 unspecified atom stereocenters. The van der Waals surface area contributed by atoms with E-state index in [2.05, 4.69) is 110 Å². The molecule has 0 N–H and O–H groups in total. The summed E-state index contributed by atoms with van der Waals surface area (Å²) in [5, 5.41) is 0. The van der Waals surface area contributed by atoms with E-state index in [9.17, 15) is 0 Å². The van der Waals surface area contributed by atoms with E-state index in [-0.39, 0.29) is 41.1 Å². The maximum atomic E-state index is 3.89. The molecule has 0 saturated carbocycles. The third-order valence-corrected chi connectivity index (χ3v) is 6.07.